The summed E-state index contributed by atoms with van der Waals surface area (Å²) in [6, 6.07) is 1.53. The molecule has 0 atom stereocenters. The Morgan fingerprint density at radius 3 is 2.67 bits per heavy atom. The van der Waals surface area contributed by atoms with Crippen molar-refractivity contribution in [3.8, 4) is 0 Å². The molecule has 7 nitrogen and oxygen atoms in total. The van der Waals surface area contributed by atoms with Crippen molar-refractivity contribution >= 4 is 27.6 Å². The minimum Gasteiger partial charge on any atom is -0.339 e. The predicted molar refractivity (Wildman–Crippen MR) is 65.8 cm³/mol. The highest BCUT2D eigenvalue weighted by Crippen LogP contribution is 2.13. The zero-order chi connectivity index (χ0) is 13.3. The van der Waals surface area contributed by atoms with Gasteiger partial charge in [-0.1, -0.05) is 11.6 Å². The van der Waals surface area contributed by atoms with Gasteiger partial charge in [-0.3, -0.25) is 0 Å². The van der Waals surface area contributed by atoms with Crippen molar-refractivity contribution in [2.45, 2.75) is 11.9 Å². The van der Waals surface area contributed by atoms with E-state index in [2.05, 4.69) is 19.7 Å². The molecule has 9 heteroatoms. The molecule has 18 heavy (non-hydrogen) atoms. The van der Waals surface area contributed by atoms with Crippen molar-refractivity contribution in [3.63, 3.8) is 0 Å². The Balaban J connectivity index is 2.33. The van der Waals surface area contributed by atoms with E-state index in [-0.39, 0.29) is 16.1 Å². The van der Waals surface area contributed by atoms with Gasteiger partial charge in [0.05, 0.1) is 6.33 Å². The van der Waals surface area contributed by atoms with Crippen molar-refractivity contribution in [2.24, 2.45) is 7.05 Å². The number of anilines is 1. The lowest BCUT2D eigenvalue weighted by atomic mass is 10.5. The third-order valence-corrected chi connectivity index (χ3v) is 3.41. The minimum atomic E-state index is -3.79. The molecule has 2 heterocycles. The molecule has 96 valence electrons. The molecule has 0 spiro atoms. The Kier molecular flexibility index (Phi) is 3.22. The van der Waals surface area contributed by atoms with E-state index < -0.39 is 10.0 Å². The van der Waals surface area contributed by atoms with Gasteiger partial charge in [0.1, 0.15) is 5.15 Å². The van der Waals surface area contributed by atoms with Gasteiger partial charge in [-0.2, -0.15) is 8.42 Å². The van der Waals surface area contributed by atoms with E-state index in [0.29, 0.717) is 5.69 Å². The highest BCUT2D eigenvalue weighted by atomic mass is 35.5. The molecule has 0 saturated carbocycles. The van der Waals surface area contributed by atoms with Crippen molar-refractivity contribution < 1.29 is 8.42 Å². The first-order valence-corrected chi connectivity index (χ1v) is 6.75. The second kappa shape index (κ2) is 4.54. The number of hydrogen-bond donors (Lipinski definition) is 1. The van der Waals surface area contributed by atoms with Crippen LogP contribution in [0.4, 0.5) is 5.95 Å². The molecule has 0 bridgehead atoms. The standard InChI is InChI=1S/C9H10ClN5O2S/c1-6-3-7(10)13-9(12-6)14-18(16,17)8-4-15(2)5-11-8/h3-5H,1-2H3,(H,12,13,14). The fraction of sp³-hybridized carbons (Fsp3) is 0.222. The lowest BCUT2D eigenvalue weighted by Gasteiger charge is -2.04. The lowest BCUT2D eigenvalue weighted by molar-refractivity contribution is 0.597. The summed E-state index contributed by atoms with van der Waals surface area (Å²) >= 11 is 5.72. The summed E-state index contributed by atoms with van der Waals surface area (Å²) in [5.41, 5.74) is 0.564. The van der Waals surface area contributed by atoms with E-state index in [0.717, 1.165) is 0 Å². The van der Waals surface area contributed by atoms with Gasteiger partial charge >= 0.3 is 0 Å². The molecular weight excluding hydrogens is 278 g/mol. The third-order valence-electron chi connectivity index (χ3n) is 2.01. The third kappa shape index (κ3) is 2.77. The first kappa shape index (κ1) is 12.8. The van der Waals surface area contributed by atoms with Crippen molar-refractivity contribution in [2.75, 3.05) is 4.72 Å². The van der Waals surface area contributed by atoms with Gasteiger partial charge in [-0.05, 0) is 13.0 Å². The monoisotopic (exact) mass is 287 g/mol. The normalized spacial score (nSPS) is 11.5. The molecule has 0 fully saturated rings. The molecule has 0 aromatic carbocycles. The summed E-state index contributed by atoms with van der Waals surface area (Å²) in [5.74, 6) is -0.0781. The average molecular weight is 288 g/mol. The average Bonchev–Trinajstić information content (AvgIpc) is 2.62. The van der Waals surface area contributed by atoms with Crippen LogP contribution in [-0.4, -0.2) is 27.9 Å². The fourth-order valence-corrected chi connectivity index (χ4v) is 2.44. The zero-order valence-corrected chi connectivity index (χ0v) is 11.2. The summed E-state index contributed by atoms with van der Waals surface area (Å²) in [4.78, 5) is 11.5. The maximum atomic E-state index is 11.9. The maximum absolute atomic E-state index is 11.9. The Hall–Kier alpha value is -1.67. The van der Waals surface area contributed by atoms with Crippen LogP contribution in [0, 0.1) is 6.92 Å². The number of imidazole rings is 1. The van der Waals surface area contributed by atoms with Crippen molar-refractivity contribution in [1.82, 2.24) is 19.5 Å². The second-order valence-corrected chi connectivity index (χ2v) is 5.66. The predicted octanol–water partition coefficient (Wildman–Crippen LogP) is 0.973. The van der Waals surface area contributed by atoms with Gasteiger partial charge in [0, 0.05) is 18.9 Å². The van der Waals surface area contributed by atoms with E-state index in [1.807, 2.05) is 0 Å². The van der Waals surface area contributed by atoms with E-state index in [1.54, 1.807) is 14.0 Å². The van der Waals surface area contributed by atoms with E-state index in [1.165, 1.54) is 23.2 Å². The van der Waals surface area contributed by atoms with Crippen molar-refractivity contribution in [1.29, 1.82) is 0 Å². The van der Waals surface area contributed by atoms with E-state index in [9.17, 15) is 8.42 Å². The molecule has 0 aliphatic rings. The number of aromatic nitrogens is 4. The summed E-state index contributed by atoms with van der Waals surface area (Å²) in [7, 11) is -2.12. The Bertz CT molecular complexity index is 662. The smallest absolute Gasteiger partial charge is 0.283 e. The van der Waals surface area contributed by atoms with Crippen LogP contribution in [0.3, 0.4) is 0 Å². The molecular formula is C9H10ClN5O2S. The van der Waals surface area contributed by atoms with Gasteiger partial charge in [0.15, 0.2) is 5.03 Å². The topological polar surface area (TPSA) is 89.8 Å². The Labute approximate surface area is 109 Å². The zero-order valence-electron chi connectivity index (χ0n) is 9.62. The molecule has 2 aromatic heterocycles. The summed E-state index contributed by atoms with van der Waals surface area (Å²) in [5, 5.41) is 0.0625. The first-order valence-electron chi connectivity index (χ1n) is 4.89. The lowest BCUT2D eigenvalue weighted by Crippen LogP contribution is -2.15. The molecule has 1 N–H and O–H groups in total. The van der Waals surface area contributed by atoms with Gasteiger partial charge in [-0.25, -0.2) is 19.7 Å². The van der Waals surface area contributed by atoms with Gasteiger partial charge in [-0.15, -0.1) is 0 Å². The van der Waals surface area contributed by atoms with Gasteiger partial charge in [0.25, 0.3) is 10.0 Å². The fourth-order valence-electron chi connectivity index (χ4n) is 1.28. The number of halogens is 1. The van der Waals surface area contributed by atoms with Crippen LogP contribution in [0.15, 0.2) is 23.6 Å². The summed E-state index contributed by atoms with van der Waals surface area (Å²) in [6.45, 7) is 1.69. The number of aryl methyl sites for hydroxylation is 2. The highest BCUT2D eigenvalue weighted by Gasteiger charge is 2.18. The Morgan fingerprint density at radius 1 is 1.39 bits per heavy atom. The van der Waals surface area contributed by atoms with Crippen LogP contribution < -0.4 is 4.72 Å². The van der Waals surface area contributed by atoms with E-state index >= 15 is 0 Å². The van der Waals surface area contributed by atoms with Crippen LogP contribution >= 0.6 is 11.6 Å². The number of nitrogens with one attached hydrogen (secondary N) is 1. The molecule has 2 rings (SSSR count). The maximum Gasteiger partial charge on any atom is 0.283 e. The van der Waals surface area contributed by atoms with Crippen LogP contribution in [0.2, 0.25) is 5.15 Å². The minimum absolute atomic E-state index is 0.0781. The van der Waals surface area contributed by atoms with E-state index in [4.69, 9.17) is 11.6 Å². The largest absolute Gasteiger partial charge is 0.339 e. The quantitative estimate of drug-likeness (QED) is 0.850. The molecule has 0 amide bonds. The number of sulfonamides is 1. The van der Waals surface area contributed by atoms with Crippen molar-refractivity contribution in [3.05, 3.63) is 29.4 Å². The number of hydrogen-bond acceptors (Lipinski definition) is 5. The van der Waals surface area contributed by atoms with Gasteiger partial charge < -0.3 is 4.57 Å². The van der Waals surface area contributed by atoms with Gasteiger partial charge in [0.2, 0.25) is 5.95 Å². The number of rotatable bonds is 3. The number of nitrogens with zero attached hydrogens (tertiary/aromatic N) is 4. The molecule has 0 radical (unpaired) electrons. The molecule has 0 saturated heterocycles. The molecule has 0 unspecified atom stereocenters. The second-order valence-electron chi connectivity index (χ2n) is 3.64. The molecule has 2 aromatic rings. The van der Waals surface area contributed by atoms with Crippen LogP contribution in [0.25, 0.3) is 0 Å². The van der Waals surface area contributed by atoms with Crippen LogP contribution in [-0.2, 0) is 17.1 Å². The first-order chi connectivity index (χ1) is 8.37. The highest BCUT2D eigenvalue weighted by molar-refractivity contribution is 7.92. The van der Waals surface area contributed by atoms with Crippen LogP contribution in [0.1, 0.15) is 5.69 Å². The molecule has 0 aliphatic heterocycles. The summed E-state index contributed by atoms with van der Waals surface area (Å²) in [6.07, 6.45) is 2.76. The molecule has 0 aliphatic carbocycles. The Morgan fingerprint density at radius 2 is 2.11 bits per heavy atom. The van der Waals surface area contributed by atoms with Crippen LogP contribution in [0.5, 0.6) is 0 Å². The summed E-state index contributed by atoms with van der Waals surface area (Å²) < 4.78 is 27.6. The SMILES string of the molecule is Cc1cc(Cl)nc(NS(=O)(=O)c2cn(C)cn2)n1.